The van der Waals surface area contributed by atoms with Gasteiger partial charge in [-0.1, -0.05) is 48.8 Å². The number of carboxylic acids is 1. The summed E-state index contributed by atoms with van der Waals surface area (Å²) in [5.41, 5.74) is 0.720. The molecule has 0 aromatic carbocycles. The predicted molar refractivity (Wildman–Crippen MR) is 110 cm³/mol. The van der Waals surface area contributed by atoms with Gasteiger partial charge in [-0.3, -0.25) is 5.32 Å². The number of aliphatic hydroxyl groups excluding tert-OH is 1. The van der Waals surface area contributed by atoms with E-state index in [0.717, 1.165) is 18.4 Å². The van der Waals surface area contributed by atoms with Crippen molar-refractivity contribution in [3.8, 4) is 11.8 Å². The number of hydrogen-bond acceptors (Lipinski definition) is 4. The molecule has 2 rings (SSSR count). The van der Waals surface area contributed by atoms with Crippen molar-refractivity contribution in [2.24, 2.45) is 11.8 Å². The summed E-state index contributed by atoms with van der Waals surface area (Å²) in [6.45, 7) is 9.15. The van der Waals surface area contributed by atoms with Gasteiger partial charge in [0.1, 0.15) is 0 Å². The molecule has 5 nitrogen and oxygen atoms in total. The molecule has 0 heterocycles. The lowest BCUT2D eigenvalue weighted by Crippen LogP contribution is -2.44. The second-order valence-electron chi connectivity index (χ2n) is 8.31. The van der Waals surface area contributed by atoms with Gasteiger partial charge >= 0.3 is 5.97 Å². The number of ether oxygens (including phenoxy) is 1. The van der Waals surface area contributed by atoms with Gasteiger partial charge in [-0.05, 0) is 46.5 Å². The molecule has 4 unspecified atom stereocenters. The van der Waals surface area contributed by atoms with E-state index in [4.69, 9.17) is 9.84 Å². The van der Waals surface area contributed by atoms with Gasteiger partial charge in [-0.25, -0.2) is 4.79 Å². The van der Waals surface area contributed by atoms with E-state index in [-0.39, 0.29) is 24.0 Å². The molecule has 2 aliphatic carbocycles. The van der Waals surface area contributed by atoms with Gasteiger partial charge in [0, 0.05) is 29.0 Å². The van der Waals surface area contributed by atoms with Crippen molar-refractivity contribution < 1.29 is 19.7 Å². The van der Waals surface area contributed by atoms with Gasteiger partial charge in [0.25, 0.3) is 0 Å². The first kappa shape index (κ1) is 22.2. The SMILES string of the molecule is C=C(CC(CC1C#CC(C2C=CC=CC2)=CC1)NC(O)OC(C)(C)C)C(=O)O. The fourth-order valence-electron chi connectivity index (χ4n) is 3.28. The van der Waals surface area contributed by atoms with E-state index in [1.54, 1.807) is 0 Å². The highest BCUT2D eigenvalue weighted by atomic mass is 16.6. The van der Waals surface area contributed by atoms with E-state index in [2.05, 4.69) is 48.0 Å². The molecule has 152 valence electrons. The largest absolute Gasteiger partial charge is 0.478 e. The van der Waals surface area contributed by atoms with Gasteiger partial charge in [0.2, 0.25) is 6.41 Å². The minimum atomic E-state index is -1.19. The molecule has 0 bridgehead atoms. The normalized spacial score (nSPS) is 23.4. The summed E-state index contributed by atoms with van der Waals surface area (Å²) in [6, 6.07) is -0.298. The van der Waals surface area contributed by atoms with Crippen LogP contribution in [0.2, 0.25) is 0 Å². The fourth-order valence-corrected chi connectivity index (χ4v) is 3.28. The van der Waals surface area contributed by atoms with Gasteiger partial charge < -0.3 is 14.9 Å². The van der Waals surface area contributed by atoms with Gasteiger partial charge in [0.15, 0.2) is 0 Å². The van der Waals surface area contributed by atoms with E-state index in [1.165, 1.54) is 0 Å². The standard InChI is InChI=1S/C23H31NO4/c1-16(21(25)26)14-20(24-22(27)28-23(2,3)4)15-17-10-12-19(13-11-17)18-8-6-5-7-9-18/h5-8,12,17-18,20,22,24,27H,1,9-10,14-15H2,2-4H3,(H,25,26). The molecule has 0 radical (unpaired) electrons. The first-order valence-electron chi connectivity index (χ1n) is 9.72. The molecule has 0 spiro atoms. The summed E-state index contributed by atoms with van der Waals surface area (Å²) in [6.07, 6.45) is 12.0. The van der Waals surface area contributed by atoms with E-state index in [1.807, 2.05) is 26.8 Å². The van der Waals surface area contributed by atoms with Crippen molar-refractivity contribution in [2.75, 3.05) is 0 Å². The Bertz CT molecular complexity index is 730. The van der Waals surface area contributed by atoms with Crippen LogP contribution >= 0.6 is 0 Å². The summed E-state index contributed by atoms with van der Waals surface area (Å²) < 4.78 is 5.50. The molecular formula is C23H31NO4. The van der Waals surface area contributed by atoms with E-state index < -0.39 is 18.0 Å². The Labute approximate surface area is 167 Å². The van der Waals surface area contributed by atoms with Gasteiger partial charge in [0.05, 0.1) is 5.60 Å². The van der Waals surface area contributed by atoms with Crippen LogP contribution in [0.4, 0.5) is 0 Å². The summed E-state index contributed by atoms with van der Waals surface area (Å²) in [4.78, 5) is 11.2. The summed E-state index contributed by atoms with van der Waals surface area (Å²) >= 11 is 0. The zero-order valence-corrected chi connectivity index (χ0v) is 16.9. The Hall–Kier alpha value is -2.13. The maximum atomic E-state index is 11.2. The van der Waals surface area contributed by atoms with Crippen molar-refractivity contribution in [1.29, 1.82) is 0 Å². The quantitative estimate of drug-likeness (QED) is 0.321. The Kier molecular flexibility index (Phi) is 7.82. The minimum Gasteiger partial charge on any atom is -0.478 e. The third-order valence-corrected chi connectivity index (χ3v) is 4.63. The van der Waals surface area contributed by atoms with Crippen LogP contribution in [0.1, 0.15) is 46.5 Å². The number of nitrogens with one attached hydrogen (secondary N) is 1. The zero-order valence-electron chi connectivity index (χ0n) is 16.9. The Morgan fingerprint density at radius 2 is 2.14 bits per heavy atom. The number of aliphatic hydroxyl groups is 1. The molecule has 3 N–H and O–H groups in total. The number of allylic oxidation sites excluding steroid dienone is 6. The van der Waals surface area contributed by atoms with Crippen molar-refractivity contribution in [3.63, 3.8) is 0 Å². The number of hydrogen-bond donors (Lipinski definition) is 3. The smallest absolute Gasteiger partial charge is 0.331 e. The maximum absolute atomic E-state index is 11.2. The van der Waals surface area contributed by atoms with Crippen molar-refractivity contribution in [1.82, 2.24) is 5.32 Å². The Balaban J connectivity index is 1.98. The second-order valence-corrected chi connectivity index (χ2v) is 8.31. The maximum Gasteiger partial charge on any atom is 0.331 e. The molecule has 0 aromatic rings. The number of aliphatic carboxylic acids is 1. The highest BCUT2D eigenvalue weighted by Crippen LogP contribution is 2.26. The lowest BCUT2D eigenvalue weighted by atomic mass is 9.85. The first-order chi connectivity index (χ1) is 13.1. The molecule has 0 fully saturated rings. The Morgan fingerprint density at radius 1 is 1.39 bits per heavy atom. The molecule has 4 atom stereocenters. The van der Waals surface area contributed by atoms with Crippen LogP contribution in [0.25, 0.3) is 0 Å². The first-order valence-corrected chi connectivity index (χ1v) is 9.72. The highest BCUT2D eigenvalue weighted by molar-refractivity contribution is 5.85. The second kappa shape index (κ2) is 9.88. The van der Waals surface area contributed by atoms with E-state index in [9.17, 15) is 9.90 Å². The molecule has 5 heteroatoms. The molecule has 0 aliphatic heterocycles. The van der Waals surface area contributed by atoms with Gasteiger partial charge in [-0.2, -0.15) is 0 Å². The lowest BCUT2D eigenvalue weighted by molar-refractivity contribution is -0.186. The fraction of sp³-hybridized carbons (Fsp3) is 0.522. The monoisotopic (exact) mass is 385 g/mol. The van der Waals surface area contributed by atoms with Gasteiger partial charge in [-0.15, -0.1) is 0 Å². The molecule has 0 saturated heterocycles. The molecule has 28 heavy (non-hydrogen) atoms. The molecule has 0 saturated carbocycles. The lowest BCUT2D eigenvalue weighted by Gasteiger charge is -2.29. The minimum absolute atomic E-state index is 0.0905. The van der Waals surface area contributed by atoms with Crippen LogP contribution in [-0.2, 0) is 9.53 Å². The molecule has 0 amide bonds. The number of rotatable bonds is 9. The van der Waals surface area contributed by atoms with Crippen LogP contribution < -0.4 is 5.32 Å². The van der Waals surface area contributed by atoms with Crippen LogP contribution in [0.15, 0.2) is 48.1 Å². The Morgan fingerprint density at radius 3 is 2.68 bits per heavy atom. The van der Waals surface area contributed by atoms with Crippen LogP contribution in [0.3, 0.4) is 0 Å². The molecular weight excluding hydrogens is 354 g/mol. The van der Waals surface area contributed by atoms with Crippen molar-refractivity contribution in [3.05, 3.63) is 48.1 Å². The van der Waals surface area contributed by atoms with Crippen LogP contribution in [-0.4, -0.2) is 34.2 Å². The van der Waals surface area contributed by atoms with Crippen molar-refractivity contribution >= 4 is 5.97 Å². The molecule has 0 aromatic heterocycles. The summed E-state index contributed by atoms with van der Waals surface area (Å²) in [7, 11) is 0. The predicted octanol–water partition coefficient (Wildman–Crippen LogP) is 3.54. The van der Waals surface area contributed by atoms with Crippen LogP contribution in [0, 0.1) is 23.7 Å². The van der Waals surface area contributed by atoms with Crippen molar-refractivity contribution in [2.45, 2.75) is 64.5 Å². The van der Waals surface area contributed by atoms with E-state index >= 15 is 0 Å². The number of carbonyl (C=O) groups is 1. The zero-order chi connectivity index (χ0) is 20.7. The average molecular weight is 386 g/mol. The van der Waals surface area contributed by atoms with E-state index in [0.29, 0.717) is 12.3 Å². The number of carboxylic acid groups (broad SMARTS) is 1. The topological polar surface area (TPSA) is 78.8 Å². The van der Waals surface area contributed by atoms with Crippen LogP contribution in [0.5, 0.6) is 0 Å². The third-order valence-electron chi connectivity index (χ3n) is 4.63. The average Bonchev–Trinajstić information content (AvgIpc) is 2.61. The summed E-state index contributed by atoms with van der Waals surface area (Å²) in [5.74, 6) is 5.99. The molecule has 2 aliphatic rings. The third kappa shape index (κ3) is 7.47. The summed E-state index contributed by atoms with van der Waals surface area (Å²) in [5, 5.41) is 22.3. The highest BCUT2D eigenvalue weighted by Gasteiger charge is 2.24.